The minimum Gasteiger partial charge on any atom is -0.375 e. The summed E-state index contributed by atoms with van der Waals surface area (Å²) in [5.74, 6) is 0.164. The van der Waals surface area contributed by atoms with E-state index in [-0.39, 0.29) is 24.3 Å². The molecule has 0 aliphatic heterocycles. The second kappa shape index (κ2) is 7.82. The topological polar surface area (TPSA) is 38.3 Å². The monoisotopic (exact) mass is 269 g/mol. The summed E-state index contributed by atoms with van der Waals surface area (Å²) in [5, 5.41) is 2.90. The van der Waals surface area contributed by atoms with Crippen molar-refractivity contribution in [2.45, 2.75) is 37.5 Å². The van der Waals surface area contributed by atoms with Gasteiger partial charge in [0.25, 0.3) is 6.43 Å². The lowest BCUT2D eigenvalue weighted by atomic mass is 10.1. The van der Waals surface area contributed by atoms with Gasteiger partial charge in [-0.15, -0.1) is 11.6 Å². The van der Waals surface area contributed by atoms with Crippen LogP contribution in [-0.2, 0) is 9.53 Å². The van der Waals surface area contributed by atoms with Gasteiger partial charge in [-0.3, -0.25) is 4.79 Å². The molecule has 1 amide bonds. The van der Waals surface area contributed by atoms with Crippen LogP contribution < -0.4 is 5.32 Å². The molecule has 1 saturated carbocycles. The Balaban J connectivity index is 2.01. The van der Waals surface area contributed by atoms with Crippen molar-refractivity contribution in [3.05, 3.63) is 0 Å². The fraction of sp³-hybridized carbons (Fsp3) is 0.909. The predicted octanol–water partition coefficient (Wildman–Crippen LogP) is 2.18. The van der Waals surface area contributed by atoms with E-state index in [0.717, 1.165) is 19.3 Å². The summed E-state index contributed by atoms with van der Waals surface area (Å²) in [6.45, 7) is -0.00729. The van der Waals surface area contributed by atoms with Gasteiger partial charge in [-0.05, 0) is 18.8 Å². The standard InChI is InChI=1S/C11H18ClF2NO2/c12-9-3-1-2-8(9)6-15-11(16)4-5-17-7-10(13)14/h8-10H,1-7H2,(H,15,16). The molecule has 17 heavy (non-hydrogen) atoms. The molecule has 1 fully saturated rings. The zero-order chi connectivity index (χ0) is 12.7. The molecular formula is C11H18ClF2NO2. The van der Waals surface area contributed by atoms with Gasteiger partial charge in [-0.2, -0.15) is 0 Å². The zero-order valence-electron chi connectivity index (χ0n) is 9.63. The molecular weight excluding hydrogens is 252 g/mol. The molecule has 2 atom stereocenters. The van der Waals surface area contributed by atoms with Gasteiger partial charge in [-0.25, -0.2) is 8.78 Å². The van der Waals surface area contributed by atoms with Crippen molar-refractivity contribution in [1.82, 2.24) is 5.32 Å². The van der Waals surface area contributed by atoms with Crippen LogP contribution in [0.5, 0.6) is 0 Å². The Bertz CT molecular complexity index is 242. The average Bonchev–Trinajstić information content (AvgIpc) is 2.67. The van der Waals surface area contributed by atoms with E-state index in [1.54, 1.807) is 0 Å². The maximum absolute atomic E-state index is 11.7. The molecule has 0 radical (unpaired) electrons. The molecule has 6 heteroatoms. The SMILES string of the molecule is O=C(CCOCC(F)F)NCC1CCCC1Cl. The third-order valence-corrected chi connectivity index (χ3v) is 3.42. The summed E-state index contributed by atoms with van der Waals surface area (Å²) in [5.41, 5.74) is 0. The number of amides is 1. The van der Waals surface area contributed by atoms with Gasteiger partial charge >= 0.3 is 0 Å². The molecule has 3 nitrogen and oxygen atoms in total. The second-order valence-electron chi connectivity index (χ2n) is 4.23. The largest absolute Gasteiger partial charge is 0.375 e. The fourth-order valence-electron chi connectivity index (χ4n) is 1.89. The minimum absolute atomic E-state index is 0.0329. The van der Waals surface area contributed by atoms with Crippen molar-refractivity contribution in [1.29, 1.82) is 0 Å². The lowest BCUT2D eigenvalue weighted by molar-refractivity contribution is -0.122. The van der Waals surface area contributed by atoms with Gasteiger partial charge in [0.15, 0.2) is 0 Å². The lowest BCUT2D eigenvalue weighted by Crippen LogP contribution is -2.31. The molecule has 0 spiro atoms. The predicted molar refractivity (Wildman–Crippen MR) is 61.4 cm³/mol. The van der Waals surface area contributed by atoms with Gasteiger partial charge in [-0.1, -0.05) is 6.42 Å². The smallest absolute Gasteiger partial charge is 0.261 e. The molecule has 0 aromatic heterocycles. The van der Waals surface area contributed by atoms with Gasteiger partial charge in [0.1, 0.15) is 6.61 Å². The van der Waals surface area contributed by atoms with Gasteiger partial charge in [0, 0.05) is 18.3 Å². The first-order valence-electron chi connectivity index (χ1n) is 5.86. The Morgan fingerprint density at radius 3 is 2.82 bits per heavy atom. The minimum atomic E-state index is -2.48. The third-order valence-electron chi connectivity index (χ3n) is 2.85. The fourth-order valence-corrected chi connectivity index (χ4v) is 2.26. The molecule has 0 aromatic carbocycles. The van der Waals surface area contributed by atoms with E-state index in [9.17, 15) is 13.6 Å². The number of alkyl halides is 3. The van der Waals surface area contributed by atoms with E-state index in [4.69, 9.17) is 11.6 Å². The van der Waals surface area contributed by atoms with Crippen molar-refractivity contribution >= 4 is 17.5 Å². The number of nitrogens with one attached hydrogen (secondary N) is 1. The highest BCUT2D eigenvalue weighted by molar-refractivity contribution is 6.20. The first-order chi connectivity index (χ1) is 8.09. The molecule has 100 valence electrons. The Labute approximate surface area is 105 Å². The van der Waals surface area contributed by atoms with E-state index in [1.165, 1.54) is 0 Å². The van der Waals surface area contributed by atoms with Crippen LogP contribution in [0.1, 0.15) is 25.7 Å². The Kier molecular flexibility index (Phi) is 6.73. The first-order valence-corrected chi connectivity index (χ1v) is 6.30. The summed E-state index contributed by atoms with van der Waals surface area (Å²) in [4.78, 5) is 11.3. The van der Waals surface area contributed by atoms with Gasteiger partial charge < -0.3 is 10.1 Å². The van der Waals surface area contributed by atoms with E-state index >= 15 is 0 Å². The molecule has 1 rings (SSSR count). The summed E-state index contributed by atoms with van der Waals surface area (Å²) in [7, 11) is 0. The summed E-state index contributed by atoms with van der Waals surface area (Å²) in [6.07, 6.45) is 0.780. The highest BCUT2D eigenvalue weighted by Crippen LogP contribution is 2.29. The summed E-state index contributed by atoms with van der Waals surface area (Å²) in [6, 6.07) is 0. The first kappa shape index (κ1) is 14.6. The Hall–Kier alpha value is -0.420. The van der Waals surface area contributed by atoms with Crippen LogP contribution in [0.4, 0.5) is 8.78 Å². The Morgan fingerprint density at radius 2 is 2.24 bits per heavy atom. The van der Waals surface area contributed by atoms with Crippen LogP contribution >= 0.6 is 11.6 Å². The third kappa shape index (κ3) is 6.17. The van der Waals surface area contributed by atoms with Crippen LogP contribution in [0.15, 0.2) is 0 Å². The van der Waals surface area contributed by atoms with Crippen LogP contribution in [0.25, 0.3) is 0 Å². The molecule has 1 aliphatic carbocycles. The summed E-state index contributed by atoms with van der Waals surface area (Å²) < 4.78 is 28.1. The second-order valence-corrected chi connectivity index (χ2v) is 4.79. The average molecular weight is 270 g/mol. The van der Waals surface area contributed by atoms with Crippen molar-refractivity contribution < 1.29 is 18.3 Å². The zero-order valence-corrected chi connectivity index (χ0v) is 10.4. The lowest BCUT2D eigenvalue weighted by Gasteiger charge is -2.14. The van der Waals surface area contributed by atoms with Crippen LogP contribution in [-0.4, -0.2) is 37.5 Å². The van der Waals surface area contributed by atoms with E-state index in [0.29, 0.717) is 12.5 Å². The van der Waals surface area contributed by atoms with Crippen molar-refractivity contribution in [3.63, 3.8) is 0 Å². The quantitative estimate of drug-likeness (QED) is 0.568. The van der Waals surface area contributed by atoms with Crippen LogP contribution in [0.2, 0.25) is 0 Å². The number of carbonyl (C=O) groups is 1. The molecule has 0 heterocycles. The van der Waals surface area contributed by atoms with Crippen LogP contribution in [0.3, 0.4) is 0 Å². The Morgan fingerprint density at radius 1 is 1.47 bits per heavy atom. The molecule has 1 aliphatic rings. The van der Waals surface area contributed by atoms with Gasteiger partial charge in [0.05, 0.1) is 6.61 Å². The van der Waals surface area contributed by atoms with Gasteiger partial charge in [0.2, 0.25) is 5.91 Å². The molecule has 0 saturated heterocycles. The number of carbonyl (C=O) groups excluding carboxylic acids is 1. The van der Waals surface area contributed by atoms with Crippen molar-refractivity contribution in [2.75, 3.05) is 19.8 Å². The van der Waals surface area contributed by atoms with E-state index in [2.05, 4.69) is 10.1 Å². The normalized spacial score (nSPS) is 24.2. The van der Waals surface area contributed by atoms with Crippen LogP contribution in [0, 0.1) is 5.92 Å². The number of rotatable bonds is 7. The van der Waals surface area contributed by atoms with E-state index < -0.39 is 13.0 Å². The maximum Gasteiger partial charge on any atom is 0.261 e. The van der Waals surface area contributed by atoms with E-state index in [1.807, 2.05) is 0 Å². The van der Waals surface area contributed by atoms with Crippen molar-refractivity contribution in [3.8, 4) is 0 Å². The number of hydrogen-bond acceptors (Lipinski definition) is 2. The molecule has 2 unspecified atom stereocenters. The number of hydrogen-bond donors (Lipinski definition) is 1. The molecule has 1 N–H and O–H groups in total. The maximum atomic E-state index is 11.7. The summed E-state index contributed by atoms with van der Waals surface area (Å²) >= 11 is 6.06. The number of ether oxygens (including phenoxy) is 1. The number of halogens is 3. The highest BCUT2D eigenvalue weighted by Gasteiger charge is 2.25. The molecule has 0 aromatic rings. The molecule has 0 bridgehead atoms. The highest BCUT2D eigenvalue weighted by atomic mass is 35.5. The van der Waals surface area contributed by atoms with Crippen molar-refractivity contribution in [2.24, 2.45) is 5.92 Å².